The van der Waals surface area contributed by atoms with Gasteiger partial charge in [-0.1, -0.05) is 295 Å². The van der Waals surface area contributed by atoms with Gasteiger partial charge in [0, 0.05) is 12.8 Å². The van der Waals surface area contributed by atoms with Gasteiger partial charge in [0.1, 0.15) is 19.8 Å². The molecular weight excluding hydrogens is 1210 g/mol. The summed E-state index contributed by atoms with van der Waals surface area (Å²) in [5.41, 5.74) is 0. The van der Waals surface area contributed by atoms with Crippen LogP contribution in [0.15, 0.2) is 243 Å². The van der Waals surface area contributed by atoms with Crippen molar-refractivity contribution in [2.24, 2.45) is 0 Å². The molecule has 0 fully saturated rings. The number of esters is 2. The smallest absolute Gasteiger partial charge is 0.306 e. The Labute approximate surface area is 587 Å². The van der Waals surface area contributed by atoms with Crippen LogP contribution in [-0.2, 0) is 32.7 Å². The molecule has 0 aliphatic heterocycles. The van der Waals surface area contributed by atoms with Gasteiger partial charge in [-0.25, -0.2) is 0 Å². The molecule has 0 spiro atoms. The van der Waals surface area contributed by atoms with Gasteiger partial charge in [-0.15, -0.1) is 0 Å². The molecule has 0 N–H and O–H groups in total. The van der Waals surface area contributed by atoms with Crippen molar-refractivity contribution < 1.29 is 42.1 Å². The van der Waals surface area contributed by atoms with Crippen LogP contribution in [0, 0.1) is 0 Å². The molecule has 0 radical (unpaired) electrons. The highest BCUT2D eigenvalue weighted by Gasteiger charge is 2.22. The molecule has 9 nitrogen and oxygen atoms in total. The van der Waals surface area contributed by atoms with Gasteiger partial charge in [-0.3, -0.25) is 14.2 Å². The summed E-state index contributed by atoms with van der Waals surface area (Å²) >= 11 is 0. The van der Waals surface area contributed by atoms with Crippen LogP contribution in [0.25, 0.3) is 0 Å². The first-order valence-electron chi connectivity index (χ1n) is 36.7. The first kappa shape index (κ1) is 89.8. The highest BCUT2D eigenvalue weighted by molar-refractivity contribution is 7.45. The van der Waals surface area contributed by atoms with Crippen LogP contribution in [0.1, 0.15) is 232 Å². The number of phosphoric ester groups is 1. The summed E-state index contributed by atoms with van der Waals surface area (Å²) < 4.78 is 34.3. The lowest BCUT2D eigenvalue weighted by Crippen LogP contribution is -2.37. The molecular formula is C86H132NO8P. The molecule has 0 rings (SSSR count). The number of hydrogen-bond acceptors (Lipinski definition) is 8. The van der Waals surface area contributed by atoms with E-state index in [4.69, 9.17) is 18.5 Å². The zero-order chi connectivity index (χ0) is 69.7. The highest BCUT2D eigenvalue weighted by Crippen LogP contribution is 2.38. The lowest BCUT2D eigenvalue weighted by molar-refractivity contribution is -0.870. The zero-order valence-corrected chi connectivity index (χ0v) is 61.6. The molecule has 2 atom stereocenters. The van der Waals surface area contributed by atoms with E-state index in [-0.39, 0.29) is 26.1 Å². The van der Waals surface area contributed by atoms with Gasteiger partial charge in [-0.05, 0) is 167 Å². The Bertz CT molecular complexity index is 2520. The van der Waals surface area contributed by atoms with E-state index in [1.807, 2.05) is 21.1 Å². The van der Waals surface area contributed by atoms with E-state index < -0.39 is 32.5 Å². The van der Waals surface area contributed by atoms with Crippen LogP contribution in [0.2, 0.25) is 0 Å². The zero-order valence-electron chi connectivity index (χ0n) is 60.7. The molecule has 0 saturated carbocycles. The maximum absolute atomic E-state index is 12.9. The number of allylic oxidation sites excluding steroid dienone is 40. The van der Waals surface area contributed by atoms with Crippen molar-refractivity contribution in [3.63, 3.8) is 0 Å². The van der Waals surface area contributed by atoms with Gasteiger partial charge >= 0.3 is 11.9 Å². The average Bonchev–Trinajstić information content (AvgIpc) is 2.54. The van der Waals surface area contributed by atoms with E-state index in [1.54, 1.807) is 0 Å². The summed E-state index contributed by atoms with van der Waals surface area (Å²) in [6, 6.07) is 0. The van der Waals surface area contributed by atoms with E-state index in [2.05, 4.69) is 257 Å². The number of carbonyl (C=O) groups is 2. The fourth-order valence-corrected chi connectivity index (χ4v) is 9.56. The van der Waals surface area contributed by atoms with Crippen molar-refractivity contribution in [3.05, 3.63) is 243 Å². The summed E-state index contributed by atoms with van der Waals surface area (Å²) in [6.45, 7) is 3.93. The largest absolute Gasteiger partial charge is 0.756 e. The number of carbonyl (C=O) groups excluding carboxylic acids is 2. The van der Waals surface area contributed by atoms with E-state index in [0.29, 0.717) is 23.9 Å². The van der Waals surface area contributed by atoms with Gasteiger partial charge in [0.15, 0.2) is 6.10 Å². The molecule has 10 heteroatoms. The molecule has 0 heterocycles. The first-order chi connectivity index (χ1) is 47.0. The molecule has 0 aromatic rings. The van der Waals surface area contributed by atoms with Gasteiger partial charge in [-0.2, -0.15) is 0 Å². The quantitative estimate of drug-likeness (QED) is 0.0195. The van der Waals surface area contributed by atoms with Crippen LogP contribution in [0.3, 0.4) is 0 Å². The minimum Gasteiger partial charge on any atom is -0.756 e. The van der Waals surface area contributed by atoms with Crippen molar-refractivity contribution in [2.45, 2.75) is 238 Å². The number of quaternary nitrogens is 1. The number of ether oxygens (including phenoxy) is 2. The standard InChI is InChI=1S/C86H132NO8P/c1-6-8-10-12-14-16-18-20-22-24-26-28-30-32-34-36-38-39-40-41-42-43-44-45-46-47-49-51-53-55-57-59-61-63-65-67-69-71-73-75-77-79-86(89)95-84(83-94-96(90,91)93-81-80-87(3,4)5)82-92-85(88)78-76-74-72-70-68-66-64-62-60-58-56-54-52-50-48-37-35-33-31-29-27-25-23-21-19-17-15-13-11-9-7-2/h8-11,14-17,20-23,26-29,32-35,38-39,41-42,44-45,47-50,53-56,59-62,65,67,84H,6-7,12-13,18-19,24-25,30-31,36-37,40,43,46,51-52,57-58,63-64,66,68-83H2,1-5H3/b10-8-,11-9-,16-14-,17-15-,22-20-,23-21-,28-26-,29-27-,34-32-,35-33-,39-38-,42-41-,45-44-,49-47-,50-48-,55-53-,56-54-,61-59-,62-60-,67-65-. The van der Waals surface area contributed by atoms with Crippen LogP contribution >= 0.6 is 7.82 Å². The minimum absolute atomic E-state index is 0.0531. The van der Waals surface area contributed by atoms with Gasteiger partial charge in [0.2, 0.25) is 0 Å². The number of unbranched alkanes of at least 4 members (excludes halogenated alkanes) is 10. The summed E-state index contributed by atoms with van der Waals surface area (Å²) in [5, 5.41) is 0. The molecule has 0 amide bonds. The number of likely N-dealkylation sites (N-methyl/N-ethyl adjacent to an activating group) is 1. The predicted octanol–water partition coefficient (Wildman–Crippen LogP) is 24.1. The third-order valence-corrected chi connectivity index (χ3v) is 15.3. The van der Waals surface area contributed by atoms with Gasteiger partial charge in [0.05, 0.1) is 27.7 Å². The minimum atomic E-state index is -4.67. The Morgan fingerprint density at radius 2 is 0.562 bits per heavy atom. The van der Waals surface area contributed by atoms with Crippen molar-refractivity contribution in [1.29, 1.82) is 0 Å². The molecule has 96 heavy (non-hydrogen) atoms. The Hall–Kier alpha value is -6.19. The Morgan fingerprint density at radius 1 is 0.323 bits per heavy atom. The molecule has 0 aromatic carbocycles. The fourth-order valence-electron chi connectivity index (χ4n) is 8.83. The second-order valence-electron chi connectivity index (χ2n) is 24.5. The molecule has 2 unspecified atom stereocenters. The Morgan fingerprint density at radius 3 is 0.833 bits per heavy atom. The van der Waals surface area contributed by atoms with Crippen molar-refractivity contribution in [1.82, 2.24) is 0 Å². The molecule has 0 saturated heterocycles. The maximum atomic E-state index is 12.9. The first-order valence-corrected chi connectivity index (χ1v) is 38.2. The summed E-state index contributed by atoms with van der Waals surface area (Å²) in [7, 11) is 1.10. The molecule has 0 bridgehead atoms. The van der Waals surface area contributed by atoms with E-state index >= 15 is 0 Å². The Kier molecular flexibility index (Phi) is 68.4. The summed E-state index contributed by atoms with van der Waals surface area (Å²) in [6.07, 6.45) is 119. The number of hydrogen-bond donors (Lipinski definition) is 0. The maximum Gasteiger partial charge on any atom is 0.306 e. The van der Waals surface area contributed by atoms with Crippen molar-refractivity contribution in [2.75, 3.05) is 47.5 Å². The SMILES string of the molecule is CC/C=C\C/C=C\C/C=C\C/C=C\C/C=C\C/C=C\C/C=C\C/C=C\C/C=C\C/C=C\C/C=C\C/C=C\CCCCCCC(=O)OC(COC(=O)CCCCCCCC/C=C\C/C=C\C/C=C\C/C=C\C/C=C\C/C=C\C/C=C\C/C=C\CC)COP(=O)([O-])OCC[N+](C)(C)C. The topological polar surface area (TPSA) is 111 Å². The summed E-state index contributed by atoms with van der Waals surface area (Å²) in [4.78, 5) is 38.1. The van der Waals surface area contributed by atoms with E-state index in [0.717, 1.165) is 193 Å². The number of nitrogens with zero attached hydrogens (tertiary/aromatic N) is 1. The van der Waals surface area contributed by atoms with Crippen LogP contribution in [0.4, 0.5) is 0 Å². The monoisotopic (exact) mass is 1340 g/mol. The van der Waals surface area contributed by atoms with Crippen molar-refractivity contribution in [3.8, 4) is 0 Å². The lowest BCUT2D eigenvalue weighted by atomic mass is 10.1. The van der Waals surface area contributed by atoms with Crippen molar-refractivity contribution >= 4 is 19.8 Å². The normalized spacial score (nSPS) is 14.5. The summed E-state index contributed by atoms with van der Waals surface area (Å²) in [5.74, 6) is -0.900. The van der Waals surface area contributed by atoms with Crippen LogP contribution in [-0.4, -0.2) is 70.0 Å². The number of phosphoric acid groups is 1. The van der Waals surface area contributed by atoms with Gasteiger partial charge < -0.3 is 27.9 Å². The predicted molar refractivity (Wildman–Crippen MR) is 414 cm³/mol. The fraction of sp³-hybridized carbons (Fsp3) is 0.512. The molecule has 0 aliphatic carbocycles. The molecule has 534 valence electrons. The second-order valence-corrected chi connectivity index (χ2v) is 25.9. The average molecular weight is 1340 g/mol. The molecule has 0 aromatic heterocycles. The molecule has 0 aliphatic rings. The van der Waals surface area contributed by atoms with Crippen LogP contribution in [0.5, 0.6) is 0 Å². The van der Waals surface area contributed by atoms with Crippen LogP contribution < -0.4 is 4.89 Å². The Balaban J connectivity index is 4.24. The lowest BCUT2D eigenvalue weighted by Gasteiger charge is -2.28. The van der Waals surface area contributed by atoms with E-state index in [1.165, 1.54) is 0 Å². The van der Waals surface area contributed by atoms with Gasteiger partial charge in [0.25, 0.3) is 7.82 Å². The number of rotatable bonds is 64. The third kappa shape index (κ3) is 76.8. The van der Waals surface area contributed by atoms with E-state index in [9.17, 15) is 19.0 Å². The third-order valence-electron chi connectivity index (χ3n) is 14.4. The second kappa shape index (κ2) is 73.1. The highest BCUT2D eigenvalue weighted by atomic mass is 31.2.